The molecule has 4 heterocycles. The Balaban J connectivity index is 1.26. The number of methoxy groups -OCH3 is 1. The number of nitrogens with two attached hydrogens (primary N) is 1. The molecule has 0 aromatic heterocycles. The fourth-order valence-corrected chi connectivity index (χ4v) is 9.53. The van der Waals surface area contributed by atoms with Gasteiger partial charge in [-0.2, -0.15) is 0 Å². The molecule has 4 aliphatic heterocycles. The van der Waals surface area contributed by atoms with Crippen LogP contribution < -0.4 is 21.2 Å². The summed E-state index contributed by atoms with van der Waals surface area (Å²) in [4.78, 5) is 44.9. The molecule has 0 unspecified atom stereocenters. The molecule has 6 N–H and O–H groups in total. The Bertz CT molecular complexity index is 2160. The number of fused-ring (bicyclic) bond motifs is 5. The summed E-state index contributed by atoms with van der Waals surface area (Å²) in [5.41, 5.74) is 5.96. The van der Waals surface area contributed by atoms with Crippen LogP contribution >= 0.6 is 0 Å². The van der Waals surface area contributed by atoms with Crippen molar-refractivity contribution in [1.29, 1.82) is 0 Å². The van der Waals surface area contributed by atoms with Gasteiger partial charge >= 0.3 is 11.9 Å². The van der Waals surface area contributed by atoms with Crippen LogP contribution in [0, 0.1) is 36.5 Å². The molecule has 8 atom stereocenters. The molecule has 0 aliphatic carbocycles. The van der Waals surface area contributed by atoms with E-state index in [1.807, 2.05) is 6.92 Å². The fraction of sp³-hybridized carbons (Fsp3) is 0.702. The third-order valence-corrected chi connectivity index (χ3v) is 13.8. The maximum absolute atomic E-state index is 14.6. The molecule has 2 aromatic carbocycles. The number of hydrogen-bond donors (Lipinski definition) is 5. The lowest BCUT2D eigenvalue weighted by molar-refractivity contribution is -0.0899. The Morgan fingerprint density at radius 2 is 1.51 bits per heavy atom. The van der Waals surface area contributed by atoms with E-state index in [0.717, 1.165) is 45.7 Å². The zero-order valence-electron chi connectivity index (χ0n) is 39.2. The van der Waals surface area contributed by atoms with Crippen LogP contribution in [0.3, 0.4) is 0 Å². The predicted octanol–water partition coefficient (Wildman–Crippen LogP) is 4.50. The van der Waals surface area contributed by atoms with Gasteiger partial charge < -0.3 is 54.9 Å². The van der Waals surface area contributed by atoms with E-state index in [0.29, 0.717) is 43.1 Å². The van der Waals surface area contributed by atoms with Gasteiger partial charge in [0.25, 0.3) is 5.78 Å². The Morgan fingerprint density at radius 1 is 0.873 bits per heavy atom. The van der Waals surface area contributed by atoms with E-state index in [-0.39, 0.29) is 50.2 Å². The topological polar surface area (TPSA) is 212 Å². The molecule has 1 amide bonds. The lowest BCUT2D eigenvalue weighted by Crippen LogP contribution is -2.52. The van der Waals surface area contributed by atoms with Crippen molar-refractivity contribution in [1.82, 2.24) is 14.7 Å². The van der Waals surface area contributed by atoms with Gasteiger partial charge in [-0.25, -0.2) is 4.79 Å². The number of piperazine rings is 1. The van der Waals surface area contributed by atoms with E-state index in [2.05, 4.69) is 37.5 Å². The molecule has 63 heavy (non-hydrogen) atoms. The van der Waals surface area contributed by atoms with Gasteiger partial charge in [0.15, 0.2) is 11.4 Å². The van der Waals surface area contributed by atoms with Gasteiger partial charge in [-0.1, -0.05) is 48.5 Å². The number of Topliss-reactive ketones (excluding diaryl/α,β-unsaturated/α-hetero) is 1. The first-order chi connectivity index (χ1) is 29.6. The number of anilines is 1. The number of rotatable bonds is 16. The van der Waals surface area contributed by atoms with Gasteiger partial charge in [0.05, 0.1) is 40.9 Å². The van der Waals surface area contributed by atoms with Crippen molar-refractivity contribution >= 4 is 28.3 Å². The lowest BCUT2D eigenvalue weighted by atomic mass is 9.80. The summed E-state index contributed by atoms with van der Waals surface area (Å²) in [5, 5.41) is 45.6. The molecule has 2 fully saturated rings. The van der Waals surface area contributed by atoms with Crippen LogP contribution in [0.1, 0.15) is 97.5 Å². The van der Waals surface area contributed by atoms with Crippen LogP contribution in [0.4, 0.5) is 10.5 Å². The van der Waals surface area contributed by atoms with Crippen molar-refractivity contribution in [3.05, 3.63) is 34.2 Å². The number of nitrogen functional groups attached to an aromatic ring is 1. The Kier molecular flexibility index (Phi) is 14.6. The minimum Gasteiger partial charge on any atom is -0.507 e. The Labute approximate surface area is 371 Å². The molecular formula is C47H72N6O10. The molecule has 0 saturated carbocycles. The van der Waals surface area contributed by atoms with E-state index in [1.165, 1.54) is 20.3 Å². The zero-order valence-corrected chi connectivity index (χ0v) is 39.2. The molecule has 350 valence electrons. The van der Waals surface area contributed by atoms with Crippen molar-refractivity contribution < 1.29 is 49.0 Å². The molecular weight excluding hydrogens is 809 g/mol. The third kappa shape index (κ3) is 9.61. The van der Waals surface area contributed by atoms with Crippen LogP contribution in [0.5, 0.6) is 17.2 Å². The Hall–Kier alpha value is -4.22. The van der Waals surface area contributed by atoms with Crippen LogP contribution in [0.15, 0.2) is 22.3 Å². The van der Waals surface area contributed by atoms with Gasteiger partial charge in [0.2, 0.25) is 0 Å². The van der Waals surface area contributed by atoms with Crippen molar-refractivity contribution in [3.8, 4) is 17.2 Å². The lowest BCUT2D eigenvalue weighted by Gasteiger charge is -2.39. The van der Waals surface area contributed by atoms with E-state index in [1.54, 1.807) is 38.7 Å². The highest BCUT2D eigenvalue weighted by atomic mass is 16.7. The number of nitrogens with zero attached hydrogens (tertiary/aromatic N) is 5. The minimum absolute atomic E-state index is 0.00410. The molecule has 0 bridgehead atoms. The molecule has 16 nitrogen and oxygen atoms in total. The number of piperidine rings is 1. The monoisotopic (exact) mass is 881 g/mol. The highest BCUT2D eigenvalue weighted by Gasteiger charge is 2.50. The SMILES string of the molecule is CO[C@@H](/C=C/O[C@@]1(C)Oc2c(C)c(O)c3c(O)c(N)c4c(c3c2C1=O)=NC1(CCN(CC(C)C)CC1)N=4)[C@@H](C)[C@@H](OC(=O)N1CCN(CCC(C)C)CC1)[C@H](C)[C@H](O)[C@H](C)[C@H](C)O. The average molecular weight is 881 g/mol. The molecule has 1 spiro atoms. The minimum atomic E-state index is -1.91. The smallest absolute Gasteiger partial charge is 0.410 e. The highest BCUT2D eigenvalue weighted by molar-refractivity contribution is 6.19. The second-order valence-corrected chi connectivity index (χ2v) is 19.5. The van der Waals surface area contributed by atoms with Gasteiger partial charge in [-0.3, -0.25) is 19.7 Å². The van der Waals surface area contributed by atoms with Gasteiger partial charge in [0.1, 0.15) is 28.6 Å². The Morgan fingerprint density at radius 3 is 2.10 bits per heavy atom. The standard InChI is InChI=1S/C47H72N6O10/c1-25(2)12-16-51-19-21-53(22-20-51)45(59)62-42(29(7)39(55)27(5)31(9)54)28(6)32(60-11)13-23-61-46(10)44(58)35-33-34(40(56)30(8)43(35)63-46)41(57)36(48)38-37(33)49-47(50-38)14-17-52(18-15-47)24-26(3)4/h13,23,25-29,31-32,39,42,54-57H,12,14-22,24,48H2,1-11H3/b23-13+/t27-,28-,29-,31+,32+,39-,42-,46+/m1/s1. The summed E-state index contributed by atoms with van der Waals surface area (Å²) in [6.07, 6.45) is 1.31. The molecule has 16 heteroatoms. The fourth-order valence-electron chi connectivity index (χ4n) is 9.53. The van der Waals surface area contributed by atoms with Crippen molar-refractivity contribution in [3.63, 3.8) is 0 Å². The van der Waals surface area contributed by atoms with E-state index in [9.17, 15) is 30.0 Å². The first kappa shape index (κ1) is 48.2. The van der Waals surface area contributed by atoms with E-state index in [4.69, 9.17) is 34.7 Å². The molecule has 0 radical (unpaired) electrons. The number of aromatic hydroxyl groups is 2. The largest absolute Gasteiger partial charge is 0.507 e. The van der Waals surface area contributed by atoms with Gasteiger partial charge in [-0.15, -0.1) is 0 Å². The van der Waals surface area contributed by atoms with E-state index < -0.39 is 65.5 Å². The normalized spacial score (nSPS) is 23.5. The number of aliphatic hydroxyl groups excluding tert-OH is 2. The van der Waals surface area contributed by atoms with Crippen molar-refractivity contribution in [2.24, 2.45) is 39.6 Å². The molecule has 6 rings (SSSR count). The quantitative estimate of drug-likeness (QED) is 0.0895. The number of carbonyl (C=O) groups is 2. The number of phenolic OH excluding ortho intramolecular Hbond substituents is 2. The average Bonchev–Trinajstić information content (AvgIpc) is 3.75. The summed E-state index contributed by atoms with van der Waals surface area (Å²) < 4.78 is 24.6. The van der Waals surface area contributed by atoms with Crippen LogP contribution in [-0.4, -0.2) is 142 Å². The maximum atomic E-state index is 14.6. The molecule has 4 aliphatic rings. The summed E-state index contributed by atoms with van der Waals surface area (Å²) in [6.45, 7) is 24.8. The third-order valence-electron chi connectivity index (χ3n) is 13.8. The number of hydrogen-bond acceptors (Lipinski definition) is 15. The summed E-state index contributed by atoms with van der Waals surface area (Å²) in [7, 11) is 1.50. The molecule has 2 saturated heterocycles. The predicted molar refractivity (Wildman–Crippen MR) is 239 cm³/mol. The first-order valence-corrected chi connectivity index (χ1v) is 22.8. The maximum Gasteiger partial charge on any atom is 0.410 e. The number of ketones is 1. The van der Waals surface area contributed by atoms with Crippen LogP contribution in [-0.2, 0) is 14.2 Å². The number of likely N-dealkylation sites (tertiary alicyclic amines) is 1. The van der Waals surface area contributed by atoms with Crippen LogP contribution in [0.25, 0.3) is 10.8 Å². The molecule has 2 aromatic rings. The highest BCUT2D eigenvalue weighted by Crippen LogP contribution is 2.49. The number of phenols is 2. The number of carbonyl (C=O) groups excluding carboxylic acids is 2. The summed E-state index contributed by atoms with van der Waals surface area (Å²) in [5.74, 6) is -3.65. The first-order valence-electron chi connectivity index (χ1n) is 22.8. The second-order valence-electron chi connectivity index (χ2n) is 19.5. The van der Waals surface area contributed by atoms with Gasteiger partial charge in [0, 0.05) is 101 Å². The number of aliphatic hydroxyl groups is 2. The number of benzene rings is 2. The number of amides is 1. The number of ether oxygens (including phenoxy) is 4. The second kappa shape index (κ2) is 19.1. The van der Waals surface area contributed by atoms with Gasteiger partial charge in [-0.05, 0) is 44.7 Å². The van der Waals surface area contributed by atoms with Crippen LogP contribution in [0.2, 0.25) is 0 Å². The van der Waals surface area contributed by atoms with Crippen molar-refractivity contribution in [2.45, 2.75) is 124 Å². The van der Waals surface area contributed by atoms with E-state index >= 15 is 0 Å². The summed E-state index contributed by atoms with van der Waals surface area (Å²) >= 11 is 0. The zero-order chi connectivity index (χ0) is 46.3. The summed E-state index contributed by atoms with van der Waals surface area (Å²) in [6, 6.07) is 0. The van der Waals surface area contributed by atoms with Crippen molar-refractivity contribution in [2.75, 3.05) is 65.2 Å².